The number of hydrogen-bond acceptors (Lipinski definition) is 7. The monoisotopic (exact) mass is 505 g/mol. The fourth-order valence-corrected chi connectivity index (χ4v) is 6.10. The fourth-order valence-electron chi connectivity index (χ4n) is 4.33. The molecule has 180 valence electrons. The van der Waals surface area contributed by atoms with Gasteiger partial charge in [0, 0.05) is 24.6 Å². The Bertz CT molecular complexity index is 1300. The standard InChI is InChI=1S/C27H27N3O3S2/c1-26(2,3)33-25(32)30-27(13-20(31)14-27)19-11-9-17(10-12-19)22-23(18-7-5-4-6-8-18)35-24(29-22)21-15-28-16-34-21/h4-12,15-16,20,31H,13-14H2,1-3H3,(H,30,32). The lowest BCUT2D eigenvalue weighted by Crippen LogP contribution is -2.57. The summed E-state index contributed by atoms with van der Waals surface area (Å²) in [6.45, 7) is 5.51. The highest BCUT2D eigenvalue weighted by atomic mass is 32.1. The second-order valence-electron chi connectivity index (χ2n) is 9.78. The highest BCUT2D eigenvalue weighted by Crippen LogP contribution is 2.44. The minimum Gasteiger partial charge on any atom is -0.444 e. The van der Waals surface area contributed by atoms with Crippen molar-refractivity contribution in [3.05, 3.63) is 71.9 Å². The van der Waals surface area contributed by atoms with Gasteiger partial charge in [-0.15, -0.1) is 22.7 Å². The van der Waals surface area contributed by atoms with E-state index in [9.17, 15) is 9.90 Å². The van der Waals surface area contributed by atoms with Crippen LogP contribution in [0.4, 0.5) is 4.79 Å². The van der Waals surface area contributed by atoms with E-state index < -0.39 is 23.3 Å². The van der Waals surface area contributed by atoms with Crippen LogP contribution in [-0.4, -0.2) is 32.9 Å². The highest BCUT2D eigenvalue weighted by molar-refractivity contribution is 7.23. The molecule has 0 radical (unpaired) electrons. The quantitative estimate of drug-likeness (QED) is 0.324. The molecule has 2 heterocycles. The van der Waals surface area contributed by atoms with Crippen molar-refractivity contribution in [2.45, 2.75) is 50.9 Å². The topological polar surface area (TPSA) is 84.3 Å². The number of aromatic nitrogens is 2. The Labute approximate surface area is 212 Å². The van der Waals surface area contributed by atoms with Crippen LogP contribution in [-0.2, 0) is 10.3 Å². The number of thiazole rings is 2. The number of hydrogen-bond donors (Lipinski definition) is 2. The van der Waals surface area contributed by atoms with Crippen LogP contribution >= 0.6 is 22.7 Å². The SMILES string of the molecule is CC(C)(C)OC(=O)NC1(c2ccc(-c3nc(-c4cncs4)sc3-c3ccccc3)cc2)CC(O)C1. The van der Waals surface area contributed by atoms with Gasteiger partial charge in [0.1, 0.15) is 10.6 Å². The molecule has 1 aliphatic carbocycles. The number of ether oxygens (including phenoxy) is 1. The first-order chi connectivity index (χ1) is 16.7. The molecule has 0 aliphatic heterocycles. The van der Waals surface area contributed by atoms with Crippen LogP contribution in [0.2, 0.25) is 0 Å². The van der Waals surface area contributed by atoms with E-state index >= 15 is 0 Å². The molecule has 5 rings (SSSR count). The summed E-state index contributed by atoms with van der Waals surface area (Å²) in [4.78, 5) is 23.9. The molecule has 2 aromatic heterocycles. The Morgan fingerprint density at radius 3 is 2.40 bits per heavy atom. The third-order valence-corrected chi connectivity index (χ3v) is 7.97. The Morgan fingerprint density at radius 2 is 1.80 bits per heavy atom. The van der Waals surface area contributed by atoms with E-state index in [1.165, 1.54) is 0 Å². The maximum absolute atomic E-state index is 12.5. The highest BCUT2D eigenvalue weighted by Gasteiger charge is 2.47. The molecule has 35 heavy (non-hydrogen) atoms. The first kappa shape index (κ1) is 23.7. The third-order valence-electron chi connectivity index (χ3n) is 5.93. The lowest BCUT2D eigenvalue weighted by molar-refractivity contribution is -0.0124. The molecule has 6 nitrogen and oxygen atoms in total. The summed E-state index contributed by atoms with van der Waals surface area (Å²) in [7, 11) is 0. The first-order valence-corrected chi connectivity index (χ1v) is 13.2. The number of nitrogens with zero attached hydrogens (tertiary/aromatic N) is 2. The van der Waals surface area contributed by atoms with Gasteiger partial charge in [0.25, 0.3) is 0 Å². The molecule has 0 atom stereocenters. The summed E-state index contributed by atoms with van der Waals surface area (Å²) in [5.41, 5.74) is 4.55. The van der Waals surface area contributed by atoms with Gasteiger partial charge in [-0.25, -0.2) is 9.78 Å². The number of aliphatic hydroxyl groups excluding tert-OH is 1. The number of aliphatic hydroxyl groups is 1. The van der Waals surface area contributed by atoms with Crippen LogP contribution in [0.25, 0.3) is 31.6 Å². The zero-order valence-electron chi connectivity index (χ0n) is 19.8. The molecule has 0 unspecified atom stereocenters. The largest absolute Gasteiger partial charge is 0.444 e. The van der Waals surface area contributed by atoms with Gasteiger partial charge < -0.3 is 15.2 Å². The zero-order valence-corrected chi connectivity index (χ0v) is 21.5. The Hall–Kier alpha value is -3.07. The Morgan fingerprint density at radius 1 is 1.09 bits per heavy atom. The molecule has 0 spiro atoms. The molecule has 8 heteroatoms. The number of nitrogens with one attached hydrogen (secondary N) is 1. The smallest absolute Gasteiger partial charge is 0.408 e. The van der Waals surface area contributed by atoms with Crippen molar-refractivity contribution in [3.8, 4) is 31.6 Å². The van der Waals surface area contributed by atoms with Crippen molar-refractivity contribution in [2.24, 2.45) is 0 Å². The second-order valence-corrected chi connectivity index (χ2v) is 11.7. The minimum atomic E-state index is -0.640. The van der Waals surface area contributed by atoms with Crippen molar-refractivity contribution in [3.63, 3.8) is 0 Å². The van der Waals surface area contributed by atoms with Gasteiger partial charge >= 0.3 is 6.09 Å². The summed E-state index contributed by atoms with van der Waals surface area (Å²) in [6.07, 6.45) is 1.82. The third kappa shape index (κ3) is 5.00. The molecule has 4 aromatic rings. The van der Waals surface area contributed by atoms with E-state index in [-0.39, 0.29) is 0 Å². The van der Waals surface area contributed by atoms with Crippen molar-refractivity contribution in [1.29, 1.82) is 0 Å². The number of amides is 1. The summed E-state index contributed by atoms with van der Waals surface area (Å²) < 4.78 is 5.48. The van der Waals surface area contributed by atoms with Gasteiger partial charge in [0.05, 0.1) is 32.6 Å². The maximum Gasteiger partial charge on any atom is 0.408 e. The number of carbonyl (C=O) groups excluding carboxylic acids is 1. The molecule has 1 aliphatic rings. The average Bonchev–Trinajstić information content (AvgIpc) is 3.47. The normalized spacial score (nSPS) is 19.7. The molecular weight excluding hydrogens is 478 g/mol. The van der Waals surface area contributed by atoms with E-state index in [0.29, 0.717) is 12.8 Å². The molecule has 1 saturated carbocycles. The minimum absolute atomic E-state index is 0.449. The number of benzene rings is 2. The van der Waals surface area contributed by atoms with Gasteiger partial charge in [-0.3, -0.25) is 4.98 Å². The first-order valence-electron chi connectivity index (χ1n) is 11.5. The molecule has 1 fully saturated rings. The molecule has 0 saturated heterocycles. The van der Waals surface area contributed by atoms with Crippen LogP contribution in [0.15, 0.2) is 66.3 Å². The lowest BCUT2D eigenvalue weighted by Gasteiger charge is -2.46. The van der Waals surface area contributed by atoms with Crippen LogP contribution in [0, 0.1) is 0 Å². The predicted molar refractivity (Wildman–Crippen MR) is 140 cm³/mol. The Balaban J connectivity index is 1.48. The van der Waals surface area contributed by atoms with Gasteiger partial charge in [-0.2, -0.15) is 0 Å². The molecule has 2 N–H and O–H groups in total. The van der Waals surface area contributed by atoms with Gasteiger partial charge in [0.2, 0.25) is 0 Å². The lowest BCUT2D eigenvalue weighted by atomic mass is 9.69. The van der Waals surface area contributed by atoms with E-state index in [1.54, 1.807) is 22.7 Å². The average molecular weight is 506 g/mol. The van der Waals surface area contributed by atoms with E-state index in [1.807, 2.05) is 74.9 Å². The second kappa shape index (κ2) is 9.18. The Kier molecular flexibility index (Phi) is 6.21. The van der Waals surface area contributed by atoms with Crippen LogP contribution in [0.5, 0.6) is 0 Å². The number of carbonyl (C=O) groups is 1. The maximum atomic E-state index is 12.5. The molecule has 1 amide bonds. The van der Waals surface area contributed by atoms with E-state index in [0.717, 1.165) is 37.1 Å². The molecular formula is C27H27N3O3S2. The fraction of sp³-hybridized carbons (Fsp3) is 0.296. The van der Waals surface area contributed by atoms with Crippen molar-refractivity contribution >= 4 is 28.8 Å². The van der Waals surface area contributed by atoms with Crippen LogP contribution in [0.3, 0.4) is 0 Å². The van der Waals surface area contributed by atoms with Crippen molar-refractivity contribution < 1.29 is 14.6 Å². The van der Waals surface area contributed by atoms with Gasteiger partial charge in [0.15, 0.2) is 0 Å². The van der Waals surface area contributed by atoms with Gasteiger partial charge in [-0.1, -0.05) is 54.6 Å². The number of rotatable bonds is 5. The van der Waals surface area contributed by atoms with Crippen molar-refractivity contribution in [2.75, 3.05) is 0 Å². The molecule has 2 aromatic carbocycles. The zero-order chi connectivity index (χ0) is 24.6. The predicted octanol–water partition coefficient (Wildman–Crippen LogP) is 6.48. The summed E-state index contributed by atoms with van der Waals surface area (Å²) in [6, 6.07) is 18.4. The molecule has 0 bridgehead atoms. The summed E-state index contributed by atoms with van der Waals surface area (Å²) in [5, 5.41) is 14.0. The summed E-state index contributed by atoms with van der Waals surface area (Å²) >= 11 is 3.23. The van der Waals surface area contributed by atoms with Crippen molar-refractivity contribution in [1.82, 2.24) is 15.3 Å². The van der Waals surface area contributed by atoms with E-state index in [2.05, 4.69) is 22.4 Å². The van der Waals surface area contributed by atoms with Gasteiger partial charge in [-0.05, 0) is 31.9 Å². The van der Waals surface area contributed by atoms with E-state index in [4.69, 9.17) is 9.72 Å². The summed E-state index contributed by atoms with van der Waals surface area (Å²) in [5.74, 6) is 0. The van der Waals surface area contributed by atoms with Crippen LogP contribution < -0.4 is 5.32 Å². The number of alkyl carbamates (subject to hydrolysis) is 1. The van der Waals surface area contributed by atoms with Crippen LogP contribution in [0.1, 0.15) is 39.2 Å².